The normalized spacial score (nSPS) is 18.8. The van der Waals surface area contributed by atoms with E-state index >= 15 is 0 Å². The average Bonchev–Trinajstić information content (AvgIpc) is 2.84. The van der Waals surface area contributed by atoms with Gasteiger partial charge in [-0.15, -0.1) is 0 Å². The quantitative estimate of drug-likeness (QED) is 0.572. The Bertz CT molecular complexity index is 1030. The lowest BCUT2D eigenvalue weighted by atomic mass is 9.75. The van der Waals surface area contributed by atoms with Crippen molar-refractivity contribution in [3.63, 3.8) is 0 Å². The Balaban J connectivity index is 1.49. The average molecular weight is 431 g/mol. The second-order valence-corrected chi connectivity index (χ2v) is 8.61. The number of pyridine rings is 2. The zero-order chi connectivity index (χ0) is 22.4. The minimum absolute atomic E-state index is 0.120. The smallest absolute Gasteiger partial charge is 0.235 e. The molecule has 32 heavy (non-hydrogen) atoms. The van der Waals surface area contributed by atoms with Crippen molar-refractivity contribution in [1.29, 1.82) is 0 Å². The second-order valence-electron chi connectivity index (χ2n) is 8.61. The van der Waals surface area contributed by atoms with Crippen LogP contribution in [0.2, 0.25) is 0 Å². The maximum atomic E-state index is 13.3. The molecule has 0 radical (unpaired) electrons. The lowest BCUT2D eigenvalue weighted by Gasteiger charge is -2.42. The lowest BCUT2D eigenvalue weighted by Crippen LogP contribution is -2.54. The van der Waals surface area contributed by atoms with Crippen LogP contribution >= 0.6 is 0 Å². The van der Waals surface area contributed by atoms with Gasteiger partial charge in [-0.05, 0) is 55.3 Å². The zero-order valence-corrected chi connectivity index (χ0v) is 18.8. The number of hydrogen-bond acceptors (Lipinski definition) is 5. The Kier molecular flexibility index (Phi) is 6.81. The maximum absolute atomic E-state index is 13.3. The number of carbonyl (C=O) groups is 1. The van der Waals surface area contributed by atoms with Crippen LogP contribution in [-0.2, 0) is 23.4 Å². The number of ether oxygens (including phenoxy) is 1. The molecule has 1 saturated heterocycles. The first-order valence-electron chi connectivity index (χ1n) is 11.0. The molecule has 1 fully saturated rings. The van der Waals surface area contributed by atoms with Crippen molar-refractivity contribution >= 4 is 5.91 Å². The molecule has 1 amide bonds. The number of likely N-dealkylation sites (tertiary alicyclic amines) is 1. The van der Waals surface area contributed by atoms with E-state index in [0.29, 0.717) is 13.2 Å². The van der Waals surface area contributed by atoms with Gasteiger partial charge in [0.05, 0.1) is 5.69 Å². The maximum Gasteiger partial charge on any atom is 0.235 e. The minimum atomic E-state index is -0.614. The van der Waals surface area contributed by atoms with Gasteiger partial charge in [-0.25, -0.2) is 0 Å². The molecule has 4 rings (SSSR count). The second kappa shape index (κ2) is 9.92. The summed E-state index contributed by atoms with van der Waals surface area (Å²) in [6, 6.07) is 18.0. The Morgan fingerprint density at radius 3 is 2.72 bits per heavy atom. The molecule has 2 aromatic heterocycles. The Labute approximate surface area is 189 Å². The van der Waals surface area contributed by atoms with Crippen LogP contribution in [0.3, 0.4) is 0 Å². The first-order chi connectivity index (χ1) is 15.6. The van der Waals surface area contributed by atoms with Gasteiger partial charge in [-0.2, -0.15) is 0 Å². The molecule has 1 atom stereocenters. The van der Waals surface area contributed by atoms with Crippen molar-refractivity contribution in [3.8, 4) is 5.75 Å². The molecule has 166 valence electrons. The predicted octanol–water partition coefficient (Wildman–Crippen LogP) is 3.68. The van der Waals surface area contributed by atoms with Gasteiger partial charge in [0.15, 0.2) is 0 Å². The predicted molar refractivity (Wildman–Crippen MR) is 124 cm³/mol. The number of hydrogen-bond donors (Lipinski definition) is 0. The fraction of sp³-hybridized carbons (Fsp3) is 0.346. The summed E-state index contributed by atoms with van der Waals surface area (Å²) >= 11 is 0. The van der Waals surface area contributed by atoms with Crippen molar-refractivity contribution in [2.45, 2.75) is 31.4 Å². The molecule has 3 heterocycles. The van der Waals surface area contributed by atoms with E-state index in [0.717, 1.165) is 42.9 Å². The van der Waals surface area contributed by atoms with E-state index in [1.165, 1.54) is 5.56 Å². The molecular weight excluding hydrogens is 400 g/mol. The number of benzene rings is 1. The van der Waals surface area contributed by atoms with Gasteiger partial charge in [0.2, 0.25) is 5.91 Å². The first kappa shape index (κ1) is 22.0. The Morgan fingerprint density at radius 1 is 1.09 bits per heavy atom. The number of nitrogens with zero attached hydrogens (tertiary/aromatic N) is 4. The number of piperidine rings is 1. The zero-order valence-electron chi connectivity index (χ0n) is 18.8. The molecule has 0 N–H and O–H groups in total. The highest BCUT2D eigenvalue weighted by atomic mass is 16.5. The van der Waals surface area contributed by atoms with Crippen molar-refractivity contribution in [2.24, 2.45) is 0 Å². The molecule has 0 spiro atoms. The molecular formula is C26H30N4O2. The summed E-state index contributed by atoms with van der Waals surface area (Å²) in [6.45, 7) is 2.86. The highest BCUT2D eigenvalue weighted by Gasteiger charge is 2.45. The number of aromatic nitrogens is 2. The van der Waals surface area contributed by atoms with Crippen LogP contribution in [-0.4, -0.2) is 52.9 Å². The SMILES string of the molecule is CN(C)C(=O)[C@]1(c2ccccn2)CCCN(Cc2cccc(OCc3cccnc3)c2)C1. The summed E-state index contributed by atoms with van der Waals surface area (Å²) in [5.41, 5.74) is 2.45. The van der Waals surface area contributed by atoms with Gasteiger partial charge in [-0.1, -0.05) is 24.3 Å². The Hall–Kier alpha value is -3.25. The van der Waals surface area contributed by atoms with Gasteiger partial charge in [-0.3, -0.25) is 19.7 Å². The van der Waals surface area contributed by atoms with E-state index in [1.54, 1.807) is 17.3 Å². The van der Waals surface area contributed by atoms with Crippen LogP contribution < -0.4 is 4.74 Å². The van der Waals surface area contributed by atoms with Crippen molar-refractivity contribution < 1.29 is 9.53 Å². The molecule has 0 saturated carbocycles. The molecule has 3 aromatic rings. The Morgan fingerprint density at radius 2 is 1.97 bits per heavy atom. The monoisotopic (exact) mass is 430 g/mol. The van der Waals surface area contributed by atoms with Crippen LogP contribution in [0.5, 0.6) is 5.75 Å². The summed E-state index contributed by atoms with van der Waals surface area (Å²) in [4.78, 5) is 26.1. The number of likely N-dealkylation sites (N-methyl/N-ethyl adjacent to an activating group) is 1. The summed E-state index contributed by atoms with van der Waals surface area (Å²) in [7, 11) is 3.66. The third kappa shape index (κ3) is 4.97. The van der Waals surface area contributed by atoms with E-state index < -0.39 is 5.41 Å². The molecule has 0 aliphatic carbocycles. The highest BCUT2D eigenvalue weighted by molar-refractivity contribution is 5.88. The van der Waals surface area contributed by atoms with E-state index in [-0.39, 0.29) is 5.91 Å². The largest absolute Gasteiger partial charge is 0.489 e. The van der Waals surface area contributed by atoms with Crippen molar-refractivity contribution in [1.82, 2.24) is 19.8 Å². The molecule has 1 aromatic carbocycles. The van der Waals surface area contributed by atoms with E-state index in [4.69, 9.17) is 4.74 Å². The van der Waals surface area contributed by atoms with Crippen molar-refractivity contribution in [3.05, 3.63) is 90.0 Å². The number of carbonyl (C=O) groups excluding carboxylic acids is 1. The molecule has 1 aliphatic heterocycles. The third-order valence-electron chi connectivity index (χ3n) is 5.98. The van der Waals surface area contributed by atoms with Gasteiger partial charge >= 0.3 is 0 Å². The van der Waals surface area contributed by atoms with Crippen LogP contribution in [0.25, 0.3) is 0 Å². The van der Waals surface area contributed by atoms with Crippen LogP contribution in [0.1, 0.15) is 29.7 Å². The number of amides is 1. The fourth-order valence-electron chi connectivity index (χ4n) is 4.49. The van der Waals surface area contributed by atoms with E-state index in [9.17, 15) is 4.79 Å². The standard InChI is InChI=1S/C26H30N4O2/c1-29(2)25(31)26(24-11-3-4-14-28-24)12-7-15-30(20-26)18-21-8-5-10-23(16-21)32-19-22-9-6-13-27-17-22/h3-6,8-11,13-14,16-17H,7,12,15,18-20H2,1-2H3/t26-/m1/s1. The van der Waals surface area contributed by atoms with Gasteiger partial charge in [0.25, 0.3) is 0 Å². The van der Waals surface area contributed by atoms with Gasteiger partial charge in [0.1, 0.15) is 17.8 Å². The van der Waals surface area contributed by atoms with Crippen LogP contribution in [0, 0.1) is 0 Å². The van der Waals surface area contributed by atoms with Crippen LogP contribution in [0.15, 0.2) is 73.2 Å². The summed E-state index contributed by atoms with van der Waals surface area (Å²) in [5, 5.41) is 0. The number of rotatable bonds is 7. The minimum Gasteiger partial charge on any atom is -0.489 e. The van der Waals surface area contributed by atoms with Gasteiger partial charge < -0.3 is 9.64 Å². The summed E-state index contributed by atoms with van der Waals surface area (Å²) in [5.74, 6) is 0.957. The van der Waals surface area contributed by atoms with E-state index in [1.807, 2.05) is 62.8 Å². The van der Waals surface area contributed by atoms with E-state index in [2.05, 4.69) is 27.0 Å². The fourth-order valence-corrected chi connectivity index (χ4v) is 4.49. The highest BCUT2D eigenvalue weighted by Crippen LogP contribution is 2.35. The summed E-state index contributed by atoms with van der Waals surface area (Å²) < 4.78 is 5.97. The third-order valence-corrected chi connectivity index (χ3v) is 5.98. The first-order valence-corrected chi connectivity index (χ1v) is 11.0. The van der Waals surface area contributed by atoms with Crippen molar-refractivity contribution in [2.75, 3.05) is 27.2 Å². The lowest BCUT2D eigenvalue weighted by molar-refractivity contribution is -0.137. The van der Waals surface area contributed by atoms with Crippen LogP contribution in [0.4, 0.5) is 0 Å². The summed E-state index contributed by atoms with van der Waals surface area (Å²) in [6.07, 6.45) is 7.12. The molecule has 0 unspecified atom stereocenters. The molecule has 6 heteroatoms. The molecule has 6 nitrogen and oxygen atoms in total. The molecule has 0 bridgehead atoms. The topological polar surface area (TPSA) is 58.6 Å². The van der Waals surface area contributed by atoms with Gasteiger partial charge in [0, 0.05) is 51.3 Å². The molecule has 1 aliphatic rings.